The van der Waals surface area contributed by atoms with Crippen LogP contribution in [0.15, 0.2) is 97.1 Å². The second kappa shape index (κ2) is 8.36. The molecule has 5 aromatic rings. The fourth-order valence-corrected chi connectivity index (χ4v) is 4.30. The molecule has 0 saturated heterocycles. The van der Waals surface area contributed by atoms with Gasteiger partial charge in [0.1, 0.15) is 0 Å². The Morgan fingerprint density at radius 1 is 0.758 bits per heavy atom. The molecule has 0 aliphatic rings. The number of nitrogens with zero attached hydrogens (tertiary/aromatic N) is 1. The van der Waals surface area contributed by atoms with Crippen LogP contribution < -0.4 is 5.73 Å². The van der Waals surface area contributed by atoms with E-state index in [9.17, 15) is 4.79 Å². The molecule has 0 amide bonds. The molecule has 2 N–H and O–H groups in total. The van der Waals surface area contributed by atoms with Crippen LogP contribution in [-0.4, -0.2) is 10.8 Å². The number of nitrogens with two attached hydrogens (primary N) is 1. The van der Waals surface area contributed by atoms with Crippen molar-refractivity contribution in [2.75, 3.05) is 5.73 Å². The molecule has 0 unspecified atom stereocenters. The normalized spacial score (nSPS) is 11.0. The number of hydrogen-bond donors (Lipinski definition) is 1. The van der Waals surface area contributed by atoms with Crippen LogP contribution in [0.3, 0.4) is 0 Å². The molecule has 3 nitrogen and oxygen atoms in total. The van der Waals surface area contributed by atoms with Crippen molar-refractivity contribution in [2.24, 2.45) is 0 Å². The lowest BCUT2D eigenvalue weighted by molar-refractivity contribution is 0.104. The number of rotatable bonds is 4. The van der Waals surface area contributed by atoms with Crippen molar-refractivity contribution < 1.29 is 4.79 Å². The van der Waals surface area contributed by atoms with E-state index in [1.54, 1.807) is 0 Å². The molecule has 4 aromatic carbocycles. The number of aryl methyl sites for hydroxylation is 2. The summed E-state index contributed by atoms with van der Waals surface area (Å²) in [4.78, 5) is 19.1. The Kier molecular flexibility index (Phi) is 5.23. The van der Waals surface area contributed by atoms with E-state index < -0.39 is 0 Å². The third-order valence-electron chi connectivity index (χ3n) is 5.93. The molecule has 5 rings (SSSR count). The Balaban J connectivity index is 1.97. The fourth-order valence-electron chi connectivity index (χ4n) is 4.30. The van der Waals surface area contributed by atoms with E-state index >= 15 is 0 Å². The lowest BCUT2D eigenvalue weighted by Gasteiger charge is -2.19. The van der Waals surface area contributed by atoms with E-state index in [1.807, 2.05) is 111 Å². The highest BCUT2D eigenvalue weighted by atomic mass is 16.1. The van der Waals surface area contributed by atoms with E-state index in [4.69, 9.17) is 10.7 Å². The first kappa shape index (κ1) is 20.7. The maximum atomic E-state index is 14.0. The van der Waals surface area contributed by atoms with Gasteiger partial charge in [0, 0.05) is 33.3 Å². The van der Waals surface area contributed by atoms with Gasteiger partial charge in [-0.1, -0.05) is 83.9 Å². The Labute approximate surface area is 193 Å². The molecule has 0 aliphatic carbocycles. The van der Waals surface area contributed by atoms with Gasteiger partial charge in [0.15, 0.2) is 5.78 Å². The summed E-state index contributed by atoms with van der Waals surface area (Å²) in [6.07, 6.45) is 0. The van der Waals surface area contributed by atoms with E-state index in [2.05, 4.69) is 0 Å². The number of ketones is 1. The molecule has 33 heavy (non-hydrogen) atoms. The van der Waals surface area contributed by atoms with Crippen LogP contribution in [0.4, 0.5) is 5.69 Å². The second-order valence-corrected chi connectivity index (χ2v) is 8.38. The molecule has 160 valence electrons. The average molecular weight is 429 g/mol. The zero-order chi connectivity index (χ0) is 22.9. The Bertz CT molecular complexity index is 1490. The van der Waals surface area contributed by atoms with E-state index in [1.165, 1.54) is 0 Å². The minimum absolute atomic E-state index is 0.0278. The van der Waals surface area contributed by atoms with E-state index in [0.717, 1.165) is 44.4 Å². The fraction of sp³-hybridized carbons (Fsp3) is 0.0667. The van der Waals surface area contributed by atoms with Crippen molar-refractivity contribution in [3.8, 4) is 22.4 Å². The quantitative estimate of drug-likeness (QED) is 0.248. The van der Waals surface area contributed by atoms with Gasteiger partial charge in [-0.3, -0.25) is 4.79 Å². The van der Waals surface area contributed by atoms with Gasteiger partial charge in [0.2, 0.25) is 0 Å². The first-order chi connectivity index (χ1) is 16.0. The van der Waals surface area contributed by atoms with Gasteiger partial charge in [0.25, 0.3) is 0 Å². The maximum absolute atomic E-state index is 14.0. The summed E-state index contributed by atoms with van der Waals surface area (Å²) >= 11 is 0. The lowest BCUT2D eigenvalue weighted by Crippen LogP contribution is -2.08. The molecular weight excluding hydrogens is 404 g/mol. The van der Waals surface area contributed by atoms with Crippen molar-refractivity contribution in [1.29, 1.82) is 0 Å². The predicted molar refractivity (Wildman–Crippen MR) is 136 cm³/mol. The molecule has 0 saturated carbocycles. The number of aromatic nitrogens is 1. The van der Waals surface area contributed by atoms with Gasteiger partial charge >= 0.3 is 0 Å². The van der Waals surface area contributed by atoms with Crippen LogP contribution in [0.5, 0.6) is 0 Å². The second-order valence-electron chi connectivity index (χ2n) is 8.38. The zero-order valence-electron chi connectivity index (χ0n) is 18.7. The Morgan fingerprint density at radius 2 is 1.39 bits per heavy atom. The number of nitrogen functional groups attached to an aromatic ring is 1. The van der Waals surface area contributed by atoms with Gasteiger partial charge in [-0.05, 0) is 43.7 Å². The van der Waals surface area contributed by atoms with Crippen LogP contribution in [0.2, 0.25) is 0 Å². The van der Waals surface area contributed by atoms with Gasteiger partial charge < -0.3 is 5.73 Å². The minimum Gasteiger partial charge on any atom is -0.398 e. The molecule has 0 atom stereocenters. The minimum atomic E-state index is -0.0278. The highest BCUT2D eigenvalue weighted by Crippen LogP contribution is 2.41. The average Bonchev–Trinajstić information content (AvgIpc) is 2.85. The van der Waals surface area contributed by atoms with Gasteiger partial charge in [-0.2, -0.15) is 0 Å². The summed E-state index contributed by atoms with van der Waals surface area (Å²) in [5.41, 5.74) is 14.6. The summed E-state index contributed by atoms with van der Waals surface area (Å²) < 4.78 is 0. The summed E-state index contributed by atoms with van der Waals surface area (Å²) in [5, 5.41) is 0.845. The highest BCUT2D eigenvalue weighted by Gasteiger charge is 2.24. The number of pyridine rings is 1. The molecule has 1 heterocycles. The Hall–Kier alpha value is -4.24. The third kappa shape index (κ3) is 3.79. The molecule has 1 aromatic heterocycles. The molecule has 0 fully saturated rings. The molecule has 3 heteroatoms. The van der Waals surface area contributed by atoms with Crippen LogP contribution >= 0.6 is 0 Å². The maximum Gasteiger partial charge on any atom is 0.194 e. The van der Waals surface area contributed by atoms with Crippen molar-refractivity contribution in [3.05, 3.63) is 119 Å². The number of hydrogen-bond acceptors (Lipinski definition) is 3. The number of anilines is 1. The van der Waals surface area contributed by atoms with Crippen molar-refractivity contribution >= 4 is 22.4 Å². The van der Waals surface area contributed by atoms with E-state index in [0.29, 0.717) is 16.8 Å². The summed E-state index contributed by atoms with van der Waals surface area (Å²) in [6, 6.07) is 31.4. The molecular formula is C30H24N2O. The predicted octanol–water partition coefficient (Wildman–Crippen LogP) is 7.00. The lowest BCUT2D eigenvalue weighted by atomic mass is 9.87. The van der Waals surface area contributed by atoms with E-state index in [-0.39, 0.29) is 5.78 Å². The molecule has 0 aliphatic heterocycles. The van der Waals surface area contributed by atoms with Gasteiger partial charge in [-0.25, -0.2) is 4.98 Å². The molecule has 0 spiro atoms. The number of fused-ring (bicyclic) bond motifs is 1. The van der Waals surface area contributed by atoms with Crippen molar-refractivity contribution in [3.63, 3.8) is 0 Å². The van der Waals surface area contributed by atoms with Crippen molar-refractivity contribution in [1.82, 2.24) is 4.98 Å². The van der Waals surface area contributed by atoms with Crippen LogP contribution in [0.25, 0.3) is 33.3 Å². The van der Waals surface area contributed by atoms with Gasteiger partial charge in [-0.15, -0.1) is 0 Å². The molecule has 0 radical (unpaired) electrons. The summed E-state index contributed by atoms with van der Waals surface area (Å²) in [5.74, 6) is -0.0278. The first-order valence-electron chi connectivity index (χ1n) is 11.0. The van der Waals surface area contributed by atoms with Crippen LogP contribution in [0, 0.1) is 13.8 Å². The highest BCUT2D eigenvalue weighted by molar-refractivity contribution is 6.21. The zero-order valence-corrected chi connectivity index (χ0v) is 18.7. The standard InChI is InChI=1S/C30H24N2O/c1-19-13-15-25(31)23(17-19)29-27(21-9-5-3-6-10-21)28(30(33)22-11-7-4-8-12-22)24-18-20(2)14-16-26(24)32-29/h3-18H,31H2,1-2H3. The number of carbonyl (C=O) groups is 1. The Morgan fingerprint density at radius 3 is 2.12 bits per heavy atom. The third-order valence-corrected chi connectivity index (χ3v) is 5.93. The summed E-state index contributed by atoms with van der Waals surface area (Å²) in [6.45, 7) is 4.07. The SMILES string of the molecule is Cc1ccc(N)c(-c2nc3ccc(C)cc3c(C(=O)c3ccccc3)c2-c2ccccc2)c1. The largest absolute Gasteiger partial charge is 0.398 e. The van der Waals surface area contributed by atoms with Gasteiger partial charge in [0.05, 0.1) is 11.2 Å². The first-order valence-corrected chi connectivity index (χ1v) is 11.0. The molecule has 0 bridgehead atoms. The number of carbonyl (C=O) groups excluding carboxylic acids is 1. The number of benzene rings is 4. The monoisotopic (exact) mass is 428 g/mol. The van der Waals surface area contributed by atoms with Crippen LogP contribution in [-0.2, 0) is 0 Å². The smallest absolute Gasteiger partial charge is 0.194 e. The van der Waals surface area contributed by atoms with Crippen LogP contribution in [0.1, 0.15) is 27.0 Å². The van der Waals surface area contributed by atoms with Crippen molar-refractivity contribution in [2.45, 2.75) is 13.8 Å². The summed E-state index contributed by atoms with van der Waals surface area (Å²) in [7, 11) is 0. The topological polar surface area (TPSA) is 56.0 Å².